The SMILES string of the molecule is COCCNCc1ccc(OCC(C)CO)c(F)c1. The summed E-state index contributed by atoms with van der Waals surface area (Å²) in [5.74, 6) is -0.160. The zero-order chi connectivity index (χ0) is 14.1. The van der Waals surface area contributed by atoms with Crippen LogP contribution in [0, 0.1) is 11.7 Å². The molecule has 0 aliphatic rings. The number of rotatable bonds is 9. The van der Waals surface area contributed by atoms with Crippen LogP contribution in [0.2, 0.25) is 0 Å². The predicted octanol–water partition coefficient (Wildman–Crippen LogP) is 1.57. The Hall–Kier alpha value is -1.17. The maximum atomic E-state index is 13.7. The Morgan fingerprint density at radius 3 is 2.84 bits per heavy atom. The van der Waals surface area contributed by atoms with Crippen molar-refractivity contribution >= 4 is 0 Å². The molecule has 1 aromatic carbocycles. The Kier molecular flexibility index (Phi) is 7.40. The monoisotopic (exact) mass is 271 g/mol. The van der Waals surface area contributed by atoms with Gasteiger partial charge >= 0.3 is 0 Å². The summed E-state index contributed by atoms with van der Waals surface area (Å²) in [7, 11) is 1.64. The Morgan fingerprint density at radius 2 is 2.21 bits per heavy atom. The van der Waals surface area contributed by atoms with Gasteiger partial charge < -0.3 is 19.9 Å². The van der Waals surface area contributed by atoms with E-state index in [0.29, 0.717) is 19.8 Å². The smallest absolute Gasteiger partial charge is 0.165 e. The van der Waals surface area contributed by atoms with Gasteiger partial charge in [0.1, 0.15) is 0 Å². The van der Waals surface area contributed by atoms with Crippen LogP contribution in [-0.2, 0) is 11.3 Å². The number of hydrogen-bond acceptors (Lipinski definition) is 4. The average Bonchev–Trinajstić information content (AvgIpc) is 2.42. The molecule has 0 saturated heterocycles. The van der Waals surface area contributed by atoms with E-state index >= 15 is 0 Å². The standard InChI is InChI=1S/C14H22FNO3/c1-11(9-17)10-19-14-4-3-12(7-13(14)15)8-16-5-6-18-2/h3-4,7,11,16-17H,5-6,8-10H2,1-2H3. The van der Waals surface area contributed by atoms with E-state index in [1.54, 1.807) is 13.2 Å². The highest BCUT2D eigenvalue weighted by atomic mass is 19.1. The van der Waals surface area contributed by atoms with Gasteiger partial charge in [-0.05, 0) is 17.7 Å². The van der Waals surface area contributed by atoms with Crippen molar-refractivity contribution in [2.45, 2.75) is 13.5 Å². The topological polar surface area (TPSA) is 50.7 Å². The van der Waals surface area contributed by atoms with Crippen molar-refractivity contribution in [2.75, 3.05) is 33.5 Å². The van der Waals surface area contributed by atoms with E-state index in [1.165, 1.54) is 6.07 Å². The average molecular weight is 271 g/mol. The highest BCUT2D eigenvalue weighted by Crippen LogP contribution is 2.19. The molecular formula is C14H22FNO3. The third-order valence-electron chi connectivity index (χ3n) is 2.64. The molecule has 0 aliphatic carbocycles. The summed E-state index contributed by atoms with van der Waals surface area (Å²) in [4.78, 5) is 0. The predicted molar refractivity (Wildman–Crippen MR) is 71.7 cm³/mol. The van der Waals surface area contributed by atoms with Crippen LogP contribution >= 0.6 is 0 Å². The summed E-state index contributed by atoms with van der Waals surface area (Å²) in [5, 5.41) is 12.0. The molecule has 0 spiro atoms. The minimum atomic E-state index is -0.379. The Balaban J connectivity index is 2.45. The molecule has 0 radical (unpaired) electrons. The summed E-state index contributed by atoms with van der Waals surface area (Å²) in [6.07, 6.45) is 0. The maximum absolute atomic E-state index is 13.7. The van der Waals surface area contributed by atoms with Crippen LogP contribution in [0.15, 0.2) is 18.2 Å². The zero-order valence-corrected chi connectivity index (χ0v) is 11.5. The number of benzene rings is 1. The molecule has 5 heteroatoms. The molecule has 0 amide bonds. The van der Waals surface area contributed by atoms with Gasteiger partial charge in [0.2, 0.25) is 0 Å². The molecule has 0 heterocycles. The first kappa shape index (κ1) is 15.9. The highest BCUT2D eigenvalue weighted by Gasteiger charge is 2.07. The van der Waals surface area contributed by atoms with Gasteiger partial charge in [0.25, 0.3) is 0 Å². The molecule has 0 fully saturated rings. The van der Waals surface area contributed by atoms with E-state index in [-0.39, 0.29) is 24.1 Å². The molecule has 0 aromatic heterocycles. The highest BCUT2D eigenvalue weighted by molar-refractivity contribution is 5.29. The lowest BCUT2D eigenvalue weighted by Gasteiger charge is -2.12. The number of halogens is 1. The molecule has 1 rings (SSSR count). The lowest BCUT2D eigenvalue weighted by Crippen LogP contribution is -2.18. The second kappa shape index (κ2) is 8.85. The van der Waals surface area contributed by atoms with Crippen molar-refractivity contribution < 1.29 is 19.0 Å². The number of aliphatic hydroxyl groups is 1. The Labute approximate surface area is 113 Å². The zero-order valence-electron chi connectivity index (χ0n) is 11.5. The van der Waals surface area contributed by atoms with Crippen molar-refractivity contribution in [1.82, 2.24) is 5.32 Å². The van der Waals surface area contributed by atoms with Crippen LogP contribution in [-0.4, -0.2) is 38.6 Å². The number of methoxy groups -OCH3 is 1. The van der Waals surface area contributed by atoms with Gasteiger partial charge in [-0.3, -0.25) is 0 Å². The van der Waals surface area contributed by atoms with Crippen LogP contribution in [0.1, 0.15) is 12.5 Å². The molecule has 0 aliphatic heterocycles. The van der Waals surface area contributed by atoms with Gasteiger partial charge in [-0.2, -0.15) is 0 Å². The lowest BCUT2D eigenvalue weighted by atomic mass is 10.2. The fraction of sp³-hybridized carbons (Fsp3) is 0.571. The molecule has 0 bridgehead atoms. The van der Waals surface area contributed by atoms with E-state index in [1.807, 2.05) is 13.0 Å². The second-order valence-electron chi connectivity index (χ2n) is 4.53. The first-order valence-electron chi connectivity index (χ1n) is 6.39. The van der Waals surface area contributed by atoms with E-state index in [9.17, 15) is 4.39 Å². The van der Waals surface area contributed by atoms with E-state index in [0.717, 1.165) is 12.1 Å². The number of ether oxygens (including phenoxy) is 2. The lowest BCUT2D eigenvalue weighted by molar-refractivity contribution is 0.171. The molecule has 108 valence electrons. The van der Waals surface area contributed by atoms with Gasteiger partial charge in [0, 0.05) is 32.7 Å². The molecule has 4 nitrogen and oxygen atoms in total. The van der Waals surface area contributed by atoms with Crippen molar-refractivity contribution in [1.29, 1.82) is 0 Å². The molecule has 1 unspecified atom stereocenters. The first-order valence-corrected chi connectivity index (χ1v) is 6.39. The van der Waals surface area contributed by atoms with E-state index in [4.69, 9.17) is 14.6 Å². The van der Waals surface area contributed by atoms with Crippen molar-refractivity contribution in [3.05, 3.63) is 29.6 Å². The van der Waals surface area contributed by atoms with Gasteiger partial charge in [-0.1, -0.05) is 13.0 Å². The normalized spacial score (nSPS) is 12.4. The van der Waals surface area contributed by atoms with Crippen LogP contribution in [0.3, 0.4) is 0 Å². The van der Waals surface area contributed by atoms with Crippen molar-refractivity contribution in [2.24, 2.45) is 5.92 Å². The van der Waals surface area contributed by atoms with Gasteiger partial charge in [0.05, 0.1) is 13.2 Å². The van der Waals surface area contributed by atoms with Gasteiger partial charge in [0.15, 0.2) is 11.6 Å². The summed E-state index contributed by atoms with van der Waals surface area (Å²) < 4.78 is 24.0. The van der Waals surface area contributed by atoms with Crippen LogP contribution in [0.5, 0.6) is 5.75 Å². The largest absolute Gasteiger partial charge is 0.490 e. The van der Waals surface area contributed by atoms with Crippen LogP contribution in [0.4, 0.5) is 4.39 Å². The quantitative estimate of drug-likeness (QED) is 0.669. The minimum Gasteiger partial charge on any atom is -0.490 e. The van der Waals surface area contributed by atoms with E-state index in [2.05, 4.69) is 5.32 Å². The fourth-order valence-electron chi connectivity index (χ4n) is 1.46. The minimum absolute atomic E-state index is 0.00483. The first-order chi connectivity index (χ1) is 9.17. The van der Waals surface area contributed by atoms with Crippen LogP contribution in [0.25, 0.3) is 0 Å². The summed E-state index contributed by atoms with van der Waals surface area (Å²) >= 11 is 0. The third kappa shape index (κ3) is 6.00. The summed E-state index contributed by atoms with van der Waals surface area (Å²) in [6, 6.07) is 4.90. The third-order valence-corrected chi connectivity index (χ3v) is 2.64. The second-order valence-corrected chi connectivity index (χ2v) is 4.53. The molecule has 19 heavy (non-hydrogen) atoms. The van der Waals surface area contributed by atoms with Crippen LogP contribution < -0.4 is 10.1 Å². The number of hydrogen-bond donors (Lipinski definition) is 2. The maximum Gasteiger partial charge on any atom is 0.165 e. The van der Waals surface area contributed by atoms with Crippen molar-refractivity contribution in [3.63, 3.8) is 0 Å². The molecule has 1 aromatic rings. The Bertz CT molecular complexity index is 374. The molecule has 1 atom stereocenters. The summed E-state index contributed by atoms with van der Waals surface area (Å²) in [5.41, 5.74) is 0.858. The molecular weight excluding hydrogens is 249 g/mol. The van der Waals surface area contributed by atoms with Gasteiger partial charge in [-0.25, -0.2) is 4.39 Å². The number of nitrogens with one attached hydrogen (secondary N) is 1. The molecule has 2 N–H and O–H groups in total. The summed E-state index contributed by atoms with van der Waals surface area (Å²) in [6.45, 7) is 4.12. The van der Waals surface area contributed by atoms with Gasteiger partial charge in [-0.15, -0.1) is 0 Å². The number of aliphatic hydroxyl groups excluding tert-OH is 1. The van der Waals surface area contributed by atoms with Crippen molar-refractivity contribution in [3.8, 4) is 5.75 Å². The fourth-order valence-corrected chi connectivity index (χ4v) is 1.46. The molecule has 0 saturated carbocycles. The Morgan fingerprint density at radius 1 is 1.42 bits per heavy atom. The van der Waals surface area contributed by atoms with E-state index < -0.39 is 0 Å².